The summed E-state index contributed by atoms with van der Waals surface area (Å²) in [5, 5.41) is 9.34. The molecule has 0 aliphatic carbocycles. The van der Waals surface area contributed by atoms with E-state index >= 15 is 0 Å². The van der Waals surface area contributed by atoms with Crippen LogP contribution in [0.25, 0.3) is 0 Å². The number of alkyl halides is 5. The maximum absolute atomic E-state index is 13.4. The molecule has 0 aliphatic rings. The molecule has 0 amide bonds. The molecule has 0 radical (unpaired) electrons. The molecule has 0 unspecified atom stereocenters. The van der Waals surface area contributed by atoms with Gasteiger partial charge in [0.25, 0.3) is 6.43 Å². The molecule has 6 nitrogen and oxygen atoms in total. The van der Waals surface area contributed by atoms with E-state index in [9.17, 15) is 22.0 Å². The van der Waals surface area contributed by atoms with Crippen LogP contribution in [0.4, 0.5) is 27.6 Å². The highest BCUT2D eigenvalue weighted by Gasteiger charge is 2.35. The smallest absolute Gasteiger partial charge is 0.420 e. The molecule has 2 heterocycles. The maximum atomic E-state index is 13.4. The lowest BCUT2D eigenvalue weighted by Gasteiger charge is -2.20. The molecule has 0 saturated heterocycles. The van der Waals surface area contributed by atoms with Crippen molar-refractivity contribution < 1.29 is 26.7 Å². The number of H-pyrrole nitrogens is 1. The summed E-state index contributed by atoms with van der Waals surface area (Å²) in [7, 11) is 0. The van der Waals surface area contributed by atoms with Gasteiger partial charge in [0, 0.05) is 23.6 Å². The summed E-state index contributed by atoms with van der Waals surface area (Å²) >= 11 is 0. The number of rotatable bonds is 7. The van der Waals surface area contributed by atoms with E-state index in [2.05, 4.69) is 30.2 Å². The minimum Gasteiger partial charge on any atom is -0.487 e. The van der Waals surface area contributed by atoms with Crippen molar-refractivity contribution in [2.24, 2.45) is 0 Å². The molecular formula is C17H14F5N5O. The van der Waals surface area contributed by atoms with Gasteiger partial charge in [-0.15, -0.1) is 0 Å². The van der Waals surface area contributed by atoms with Crippen LogP contribution in [0, 0.1) is 0 Å². The Labute approximate surface area is 155 Å². The highest BCUT2D eigenvalue weighted by atomic mass is 19.4. The second kappa shape index (κ2) is 8.19. The fourth-order valence-corrected chi connectivity index (χ4v) is 2.50. The third-order valence-electron chi connectivity index (χ3n) is 3.69. The van der Waals surface area contributed by atoms with E-state index < -0.39 is 36.6 Å². The number of hydrogen-bond acceptors (Lipinski definition) is 5. The van der Waals surface area contributed by atoms with Crippen molar-refractivity contribution in [3.05, 3.63) is 66.0 Å². The van der Waals surface area contributed by atoms with E-state index in [-0.39, 0.29) is 5.69 Å². The highest BCUT2D eigenvalue weighted by Crippen LogP contribution is 2.39. The van der Waals surface area contributed by atoms with Gasteiger partial charge in [-0.2, -0.15) is 18.3 Å². The monoisotopic (exact) mass is 399 g/mol. The summed E-state index contributed by atoms with van der Waals surface area (Å²) in [4.78, 5) is 8.04. The van der Waals surface area contributed by atoms with Crippen molar-refractivity contribution in [3.8, 4) is 5.75 Å². The third-order valence-corrected chi connectivity index (χ3v) is 3.69. The Morgan fingerprint density at radius 1 is 1.18 bits per heavy atom. The summed E-state index contributed by atoms with van der Waals surface area (Å²) in [6.07, 6.45) is -3.32. The first-order chi connectivity index (χ1) is 13.3. The minimum absolute atomic E-state index is 0.0852. The highest BCUT2D eigenvalue weighted by molar-refractivity contribution is 5.54. The van der Waals surface area contributed by atoms with E-state index in [4.69, 9.17) is 0 Å². The van der Waals surface area contributed by atoms with Crippen LogP contribution in [0.1, 0.15) is 23.0 Å². The molecule has 1 aromatic carbocycles. The van der Waals surface area contributed by atoms with Crippen molar-refractivity contribution in [3.63, 3.8) is 0 Å². The van der Waals surface area contributed by atoms with Crippen molar-refractivity contribution in [1.29, 1.82) is 0 Å². The zero-order valence-corrected chi connectivity index (χ0v) is 14.1. The van der Waals surface area contributed by atoms with Crippen LogP contribution in [0.5, 0.6) is 5.75 Å². The predicted molar refractivity (Wildman–Crippen MR) is 89.0 cm³/mol. The lowest BCUT2D eigenvalue weighted by Crippen LogP contribution is -2.16. The van der Waals surface area contributed by atoms with Gasteiger partial charge < -0.3 is 10.1 Å². The van der Waals surface area contributed by atoms with Crippen LogP contribution < -0.4 is 10.1 Å². The zero-order valence-electron chi connectivity index (χ0n) is 14.1. The Hall–Kier alpha value is -3.24. The molecule has 0 fully saturated rings. The Morgan fingerprint density at radius 2 is 2.00 bits per heavy atom. The molecule has 2 N–H and O–H groups in total. The molecule has 148 valence electrons. The van der Waals surface area contributed by atoms with Crippen molar-refractivity contribution in [2.45, 2.75) is 18.6 Å². The number of anilines is 1. The van der Waals surface area contributed by atoms with E-state index in [1.165, 1.54) is 18.6 Å². The molecule has 0 bridgehead atoms. The largest absolute Gasteiger partial charge is 0.487 e. The van der Waals surface area contributed by atoms with Crippen LogP contribution in [0.15, 0.2) is 49.1 Å². The van der Waals surface area contributed by atoms with Gasteiger partial charge in [0.2, 0.25) is 0 Å². The second-order valence-electron chi connectivity index (χ2n) is 5.65. The summed E-state index contributed by atoms with van der Waals surface area (Å²) in [6, 6.07) is 5.82. The number of pyridine rings is 1. The van der Waals surface area contributed by atoms with Gasteiger partial charge in [0.05, 0.1) is 5.56 Å². The van der Waals surface area contributed by atoms with Crippen LogP contribution in [-0.4, -0.2) is 33.2 Å². The molecular weight excluding hydrogens is 385 g/mol. The molecule has 2 aromatic heterocycles. The van der Waals surface area contributed by atoms with Gasteiger partial charge in [0.1, 0.15) is 24.7 Å². The van der Waals surface area contributed by atoms with Crippen LogP contribution in [0.2, 0.25) is 0 Å². The van der Waals surface area contributed by atoms with Crippen LogP contribution >= 0.6 is 0 Å². The van der Waals surface area contributed by atoms with E-state index in [1.807, 2.05) is 0 Å². The summed E-state index contributed by atoms with van der Waals surface area (Å²) in [5.41, 5.74) is -0.450. The van der Waals surface area contributed by atoms with E-state index in [0.717, 1.165) is 12.1 Å². The molecule has 0 saturated carbocycles. The number of halogens is 5. The number of nitrogens with one attached hydrogen (secondary N) is 2. The normalized spacial score (nSPS) is 12.8. The first-order valence-corrected chi connectivity index (χ1v) is 7.98. The fourth-order valence-electron chi connectivity index (χ4n) is 2.50. The van der Waals surface area contributed by atoms with Crippen LogP contribution in [0.3, 0.4) is 0 Å². The summed E-state index contributed by atoms with van der Waals surface area (Å²) in [5.74, 6) is -0.310. The average molecular weight is 399 g/mol. The molecule has 11 heteroatoms. The predicted octanol–water partition coefficient (Wildman–Crippen LogP) is 4.06. The first kappa shape index (κ1) is 19.5. The zero-order chi connectivity index (χ0) is 20.1. The van der Waals surface area contributed by atoms with Crippen molar-refractivity contribution in [2.75, 3.05) is 11.9 Å². The quantitative estimate of drug-likeness (QED) is 0.586. The number of hydrogen-bond donors (Lipinski definition) is 2. The van der Waals surface area contributed by atoms with Gasteiger partial charge in [0.15, 0.2) is 5.82 Å². The second-order valence-corrected chi connectivity index (χ2v) is 5.65. The van der Waals surface area contributed by atoms with Gasteiger partial charge >= 0.3 is 6.18 Å². The van der Waals surface area contributed by atoms with Crippen molar-refractivity contribution >= 4 is 5.69 Å². The molecule has 3 rings (SSSR count). The Bertz CT molecular complexity index is 887. The van der Waals surface area contributed by atoms with E-state index in [1.54, 1.807) is 18.3 Å². The third kappa shape index (κ3) is 4.72. The van der Waals surface area contributed by atoms with Crippen molar-refractivity contribution in [1.82, 2.24) is 20.2 Å². The topological polar surface area (TPSA) is 75.7 Å². The van der Waals surface area contributed by atoms with Gasteiger partial charge in [-0.3, -0.25) is 10.1 Å². The van der Waals surface area contributed by atoms with Gasteiger partial charge in [-0.05, 0) is 24.3 Å². The van der Waals surface area contributed by atoms with E-state index in [0.29, 0.717) is 11.4 Å². The number of aromatic nitrogens is 4. The molecule has 0 spiro atoms. The number of ether oxygens (including phenoxy) is 1. The summed E-state index contributed by atoms with van der Waals surface area (Å²) in [6.45, 7) is -1.13. The number of benzene rings is 1. The Morgan fingerprint density at radius 3 is 2.61 bits per heavy atom. The lowest BCUT2D eigenvalue weighted by molar-refractivity contribution is -0.139. The molecule has 28 heavy (non-hydrogen) atoms. The maximum Gasteiger partial charge on any atom is 0.420 e. The summed E-state index contributed by atoms with van der Waals surface area (Å²) < 4.78 is 69.3. The van der Waals surface area contributed by atoms with Gasteiger partial charge in [-0.1, -0.05) is 6.07 Å². The SMILES string of the molecule is FC(F)COc1ccc(N[C@H](c2cccnc2)c2ncn[nH]2)cc1C(F)(F)F. The molecule has 3 aromatic rings. The van der Waals surface area contributed by atoms with Gasteiger partial charge in [-0.25, -0.2) is 13.8 Å². The standard InChI is InChI=1S/C17H14F5N5O/c18-14(19)8-28-13-4-3-11(6-12(13)17(20,21)22)26-15(16-24-9-25-27-16)10-2-1-5-23-7-10/h1-7,9,14-15,26H,8H2,(H,24,25,27)/t15-/m1/s1. The van der Waals surface area contributed by atoms with Crippen LogP contribution in [-0.2, 0) is 6.18 Å². The first-order valence-electron chi connectivity index (χ1n) is 7.98. The minimum atomic E-state index is -4.79. The Kier molecular flexibility index (Phi) is 5.71. The Balaban J connectivity index is 1.93. The average Bonchev–Trinajstić information content (AvgIpc) is 3.19. The number of nitrogens with zero attached hydrogens (tertiary/aromatic N) is 3. The lowest BCUT2D eigenvalue weighted by atomic mass is 10.1. The molecule has 0 aliphatic heterocycles. The number of aromatic amines is 1. The molecule has 1 atom stereocenters. The fraction of sp³-hybridized carbons (Fsp3) is 0.235.